The van der Waals surface area contributed by atoms with Crippen molar-refractivity contribution < 1.29 is 14.6 Å². The van der Waals surface area contributed by atoms with Crippen LogP contribution in [0.5, 0.6) is 0 Å². The quantitative estimate of drug-likeness (QED) is 0.845. The highest BCUT2D eigenvalue weighted by atomic mass is 16.7. The number of hydrogen-bond acceptors (Lipinski definition) is 3. The van der Waals surface area contributed by atoms with Gasteiger partial charge in [-0.25, -0.2) is 0 Å². The molecule has 1 aliphatic heterocycles. The van der Waals surface area contributed by atoms with E-state index in [2.05, 4.69) is 6.92 Å². The van der Waals surface area contributed by atoms with Gasteiger partial charge in [-0.05, 0) is 18.4 Å². The highest BCUT2D eigenvalue weighted by Crippen LogP contribution is 2.44. The number of ether oxygens (including phenoxy) is 2. The SMILES string of the molecule is CCCCC1CCOC(c2ccccc2)(C(O)c2ccccc2)O1. The van der Waals surface area contributed by atoms with Crippen LogP contribution in [0, 0.1) is 0 Å². The highest BCUT2D eigenvalue weighted by Gasteiger charge is 2.47. The molecular weight excluding hydrogens is 300 g/mol. The maximum atomic E-state index is 11.1. The molecule has 3 atom stereocenters. The number of hydrogen-bond donors (Lipinski definition) is 1. The first-order valence-electron chi connectivity index (χ1n) is 8.86. The standard InChI is InChI=1S/C21H26O3/c1-2-3-14-19-15-16-23-21(24-19,18-12-8-5-9-13-18)20(22)17-10-6-4-7-11-17/h4-13,19-20,22H,2-3,14-16H2,1H3. The fourth-order valence-corrected chi connectivity index (χ4v) is 3.30. The third-order valence-corrected chi connectivity index (χ3v) is 4.63. The summed E-state index contributed by atoms with van der Waals surface area (Å²) in [4.78, 5) is 0. The molecule has 3 unspecified atom stereocenters. The maximum absolute atomic E-state index is 11.1. The Morgan fingerprint density at radius 2 is 1.75 bits per heavy atom. The van der Waals surface area contributed by atoms with Gasteiger partial charge in [-0.15, -0.1) is 0 Å². The van der Waals surface area contributed by atoms with Crippen LogP contribution >= 0.6 is 0 Å². The van der Waals surface area contributed by atoms with Crippen molar-refractivity contribution in [2.75, 3.05) is 6.61 Å². The van der Waals surface area contributed by atoms with E-state index in [1.165, 1.54) is 0 Å². The summed E-state index contributed by atoms with van der Waals surface area (Å²) >= 11 is 0. The van der Waals surface area contributed by atoms with Gasteiger partial charge in [0.25, 0.3) is 0 Å². The molecule has 0 radical (unpaired) electrons. The predicted octanol–water partition coefficient (Wildman–Crippen LogP) is 4.57. The van der Waals surface area contributed by atoms with E-state index in [1.54, 1.807) is 0 Å². The van der Waals surface area contributed by atoms with Crippen molar-refractivity contribution in [1.29, 1.82) is 0 Å². The fourth-order valence-electron chi connectivity index (χ4n) is 3.30. The first-order chi connectivity index (χ1) is 11.8. The summed E-state index contributed by atoms with van der Waals surface area (Å²) in [5, 5.41) is 11.1. The molecule has 3 nitrogen and oxygen atoms in total. The molecule has 0 aromatic heterocycles. The van der Waals surface area contributed by atoms with Crippen molar-refractivity contribution >= 4 is 0 Å². The summed E-state index contributed by atoms with van der Waals surface area (Å²) < 4.78 is 12.5. The maximum Gasteiger partial charge on any atom is 0.226 e. The molecule has 0 amide bonds. The van der Waals surface area contributed by atoms with Crippen LogP contribution in [-0.4, -0.2) is 17.8 Å². The molecule has 24 heavy (non-hydrogen) atoms. The van der Waals surface area contributed by atoms with E-state index >= 15 is 0 Å². The summed E-state index contributed by atoms with van der Waals surface area (Å²) in [6.45, 7) is 2.77. The molecule has 2 aromatic rings. The Hall–Kier alpha value is -1.68. The van der Waals surface area contributed by atoms with E-state index in [0.29, 0.717) is 6.61 Å². The number of aliphatic hydroxyl groups is 1. The van der Waals surface area contributed by atoms with E-state index in [0.717, 1.165) is 36.8 Å². The Morgan fingerprint density at radius 3 is 2.42 bits per heavy atom. The predicted molar refractivity (Wildman–Crippen MR) is 94.5 cm³/mol. The van der Waals surface area contributed by atoms with Gasteiger partial charge in [0, 0.05) is 5.56 Å². The van der Waals surface area contributed by atoms with Crippen molar-refractivity contribution in [2.24, 2.45) is 0 Å². The Balaban J connectivity index is 1.95. The van der Waals surface area contributed by atoms with Crippen LogP contribution in [0.3, 0.4) is 0 Å². The zero-order valence-electron chi connectivity index (χ0n) is 14.2. The minimum Gasteiger partial charge on any atom is -0.382 e. The van der Waals surface area contributed by atoms with E-state index in [9.17, 15) is 5.11 Å². The van der Waals surface area contributed by atoms with Crippen LogP contribution in [0.15, 0.2) is 60.7 Å². The third-order valence-electron chi connectivity index (χ3n) is 4.63. The molecule has 1 fully saturated rings. The second-order valence-corrected chi connectivity index (χ2v) is 6.37. The summed E-state index contributed by atoms with van der Waals surface area (Å²) in [5.74, 6) is -1.14. The lowest BCUT2D eigenvalue weighted by atomic mass is 9.92. The normalized spacial score (nSPS) is 25.3. The molecule has 128 valence electrons. The van der Waals surface area contributed by atoms with Crippen molar-refractivity contribution in [2.45, 2.75) is 50.6 Å². The number of benzene rings is 2. The van der Waals surface area contributed by atoms with E-state index in [4.69, 9.17) is 9.47 Å². The van der Waals surface area contributed by atoms with Crippen LogP contribution in [0.1, 0.15) is 49.8 Å². The Labute approximate surface area is 144 Å². The fraction of sp³-hybridized carbons (Fsp3) is 0.429. The first-order valence-corrected chi connectivity index (χ1v) is 8.86. The van der Waals surface area contributed by atoms with Crippen LogP contribution in [0.4, 0.5) is 0 Å². The molecule has 2 aromatic carbocycles. The van der Waals surface area contributed by atoms with Crippen LogP contribution < -0.4 is 0 Å². The average molecular weight is 326 g/mol. The lowest BCUT2D eigenvalue weighted by Crippen LogP contribution is -2.46. The van der Waals surface area contributed by atoms with Crippen molar-refractivity contribution in [3.63, 3.8) is 0 Å². The molecule has 1 N–H and O–H groups in total. The Bertz CT molecular complexity index is 613. The van der Waals surface area contributed by atoms with E-state index < -0.39 is 11.9 Å². The zero-order chi connectivity index (χ0) is 16.8. The second kappa shape index (κ2) is 7.93. The van der Waals surface area contributed by atoms with E-state index in [1.807, 2.05) is 60.7 Å². The Kier molecular flexibility index (Phi) is 5.67. The number of unbranched alkanes of at least 4 members (excludes halogenated alkanes) is 1. The number of aliphatic hydroxyl groups excluding tert-OH is 1. The van der Waals surface area contributed by atoms with Gasteiger partial charge in [-0.3, -0.25) is 0 Å². The van der Waals surface area contributed by atoms with Crippen molar-refractivity contribution in [3.8, 4) is 0 Å². The highest BCUT2D eigenvalue weighted by molar-refractivity contribution is 5.28. The summed E-state index contributed by atoms with van der Waals surface area (Å²) in [6, 6.07) is 19.4. The monoisotopic (exact) mass is 326 g/mol. The van der Waals surface area contributed by atoms with Crippen molar-refractivity contribution in [3.05, 3.63) is 71.8 Å². The lowest BCUT2D eigenvalue weighted by Gasteiger charge is -2.44. The minimum atomic E-state index is -1.14. The molecule has 1 aliphatic rings. The molecule has 3 heteroatoms. The van der Waals surface area contributed by atoms with Gasteiger partial charge < -0.3 is 14.6 Å². The van der Waals surface area contributed by atoms with Gasteiger partial charge in [0.05, 0.1) is 12.7 Å². The molecule has 1 saturated heterocycles. The van der Waals surface area contributed by atoms with Crippen LogP contribution in [0.2, 0.25) is 0 Å². The summed E-state index contributed by atoms with van der Waals surface area (Å²) in [5.41, 5.74) is 1.67. The van der Waals surface area contributed by atoms with Crippen LogP contribution in [0.25, 0.3) is 0 Å². The topological polar surface area (TPSA) is 38.7 Å². The second-order valence-electron chi connectivity index (χ2n) is 6.37. The Morgan fingerprint density at radius 1 is 1.08 bits per heavy atom. The molecule has 0 bridgehead atoms. The van der Waals surface area contributed by atoms with Gasteiger partial charge in [-0.1, -0.05) is 80.4 Å². The smallest absolute Gasteiger partial charge is 0.226 e. The van der Waals surface area contributed by atoms with Gasteiger partial charge in [0.15, 0.2) is 0 Å². The molecule has 0 aliphatic carbocycles. The largest absolute Gasteiger partial charge is 0.382 e. The molecule has 0 saturated carbocycles. The van der Waals surface area contributed by atoms with E-state index in [-0.39, 0.29) is 6.10 Å². The number of rotatable bonds is 6. The summed E-state index contributed by atoms with van der Waals surface area (Å²) in [6.07, 6.45) is 3.37. The van der Waals surface area contributed by atoms with Gasteiger partial charge >= 0.3 is 0 Å². The lowest BCUT2D eigenvalue weighted by molar-refractivity contribution is -0.343. The van der Waals surface area contributed by atoms with Crippen LogP contribution in [-0.2, 0) is 15.3 Å². The van der Waals surface area contributed by atoms with Gasteiger partial charge in [0.2, 0.25) is 5.79 Å². The zero-order valence-corrected chi connectivity index (χ0v) is 14.2. The average Bonchev–Trinajstić information content (AvgIpc) is 2.67. The minimum absolute atomic E-state index is 0.109. The van der Waals surface area contributed by atoms with Crippen molar-refractivity contribution in [1.82, 2.24) is 0 Å². The molecule has 0 spiro atoms. The van der Waals surface area contributed by atoms with Gasteiger partial charge in [0.1, 0.15) is 6.10 Å². The molecule has 3 rings (SSSR count). The molecule has 1 heterocycles. The third kappa shape index (κ3) is 3.54. The summed E-state index contributed by atoms with van der Waals surface area (Å²) in [7, 11) is 0. The first kappa shape index (κ1) is 17.2. The van der Waals surface area contributed by atoms with Gasteiger partial charge in [-0.2, -0.15) is 0 Å². The molecular formula is C21H26O3.